The van der Waals surface area contributed by atoms with Gasteiger partial charge in [0.25, 0.3) is 0 Å². The maximum atomic E-state index is 13.6. The fraction of sp³-hybridized carbons (Fsp3) is 0.760. The van der Waals surface area contributed by atoms with Crippen LogP contribution in [-0.4, -0.2) is 52.4 Å². The number of allylic oxidation sites excluding steroid dienone is 4. The zero-order valence-electron chi connectivity index (χ0n) is 24.1. The van der Waals surface area contributed by atoms with Gasteiger partial charge in [0.15, 0.2) is 23.5 Å². The Labute approximate surface area is 192 Å². The maximum Gasteiger partial charge on any atom is 0.193 e. The number of aliphatic hydroxyl groups is 2. The first-order chi connectivity index (χ1) is 17.0. The lowest BCUT2D eigenvalue weighted by molar-refractivity contribution is -0.200. The van der Waals surface area contributed by atoms with Gasteiger partial charge in [-0.1, -0.05) is 38.8 Å². The van der Waals surface area contributed by atoms with Crippen molar-refractivity contribution < 1.29 is 37.5 Å². The van der Waals surface area contributed by atoms with E-state index in [1.165, 1.54) is 6.08 Å². The fourth-order valence-electron chi connectivity index (χ4n) is 7.44. The maximum absolute atomic E-state index is 13.6. The van der Waals surface area contributed by atoms with Crippen molar-refractivity contribution in [3.63, 3.8) is 0 Å². The minimum atomic E-state index is -3.21. The lowest BCUT2D eigenvalue weighted by Crippen LogP contribution is -2.63. The molecule has 2 N–H and O–H groups in total. The lowest BCUT2D eigenvalue weighted by atomic mass is 9.46. The molecule has 4 fully saturated rings. The van der Waals surface area contributed by atoms with E-state index in [1.807, 2.05) is 6.92 Å². The van der Waals surface area contributed by atoms with E-state index in [9.17, 15) is 19.8 Å². The molecular formula is C25H34O6. The second-order valence-electron chi connectivity index (χ2n) is 10.1. The summed E-state index contributed by atoms with van der Waals surface area (Å²) in [6, 6.07) is -0.956. The summed E-state index contributed by atoms with van der Waals surface area (Å²) < 4.78 is 62.4. The fourth-order valence-corrected chi connectivity index (χ4v) is 7.44. The average molecular weight is 437 g/mol. The number of aliphatic hydroxyl groups excluding tert-OH is 1. The van der Waals surface area contributed by atoms with Gasteiger partial charge < -0.3 is 19.7 Å². The molecule has 6 heteroatoms. The summed E-state index contributed by atoms with van der Waals surface area (Å²) in [5, 5.41) is 21.9. The highest BCUT2D eigenvalue weighted by Gasteiger charge is 2.75. The van der Waals surface area contributed by atoms with Gasteiger partial charge in [0.05, 0.1) is 17.7 Å². The van der Waals surface area contributed by atoms with Crippen molar-refractivity contribution >= 4 is 11.6 Å². The van der Waals surface area contributed by atoms with Crippen LogP contribution >= 0.6 is 0 Å². The molecule has 6 nitrogen and oxygen atoms in total. The Kier molecular flexibility index (Phi) is 3.54. The molecule has 5 aliphatic rings. The molecule has 4 aliphatic carbocycles. The minimum Gasteiger partial charge on any atom is -0.393 e. The van der Waals surface area contributed by atoms with Gasteiger partial charge in [-0.2, -0.15) is 0 Å². The molecule has 1 saturated heterocycles. The topological polar surface area (TPSA) is 93.1 Å². The number of fused-ring (bicyclic) bond motifs is 7. The number of carbonyl (C=O) groups is 2. The summed E-state index contributed by atoms with van der Waals surface area (Å²) in [4.78, 5) is 26.1. The molecule has 1 aliphatic heterocycles. The molecule has 0 spiro atoms. The van der Waals surface area contributed by atoms with Crippen LogP contribution in [-0.2, 0) is 19.1 Å². The van der Waals surface area contributed by atoms with Crippen molar-refractivity contribution in [3.8, 4) is 0 Å². The van der Waals surface area contributed by atoms with Crippen LogP contribution in [0.5, 0.6) is 0 Å². The number of rotatable bonds is 4. The van der Waals surface area contributed by atoms with Crippen LogP contribution < -0.4 is 0 Å². The minimum absolute atomic E-state index is 0.0202. The number of hydrogen-bond donors (Lipinski definition) is 2. The molecule has 0 aromatic rings. The Morgan fingerprint density at radius 2 is 2.23 bits per heavy atom. The molecule has 4 unspecified atom stereocenters. The molecule has 0 aromatic heterocycles. The normalized spacial score (nSPS) is 55.9. The number of ketones is 2. The molecule has 0 bridgehead atoms. The van der Waals surface area contributed by atoms with E-state index in [0.29, 0.717) is 12.8 Å². The van der Waals surface area contributed by atoms with Crippen LogP contribution in [0.25, 0.3) is 0 Å². The Bertz CT molecular complexity index is 1120. The lowest BCUT2D eigenvalue weighted by Gasteiger charge is -2.59. The van der Waals surface area contributed by atoms with Crippen LogP contribution in [0, 0.1) is 28.6 Å². The van der Waals surface area contributed by atoms with Crippen LogP contribution in [0.1, 0.15) is 67.5 Å². The SMILES string of the molecule is [2H]C1=C[C@@]2(C)C(=C([2H])C1=O)C([2H])([2H])CC1C2[C@@H](O)C[C@@]2(C)C1C[C@@H]1OC(CCC)O[C@]12C(=O)C([2H])([2H])O. The van der Waals surface area contributed by atoms with E-state index in [1.54, 1.807) is 13.8 Å². The predicted molar refractivity (Wildman–Crippen MR) is 113 cm³/mol. The van der Waals surface area contributed by atoms with Gasteiger partial charge in [0, 0.05) is 19.5 Å². The Hall–Kier alpha value is -1.34. The van der Waals surface area contributed by atoms with Crippen LogP contribution in [0.3, 0.4) is 0 Å². The Balaban J connectivity index is 1.65. The highest BCUT2D eigenvalue weighted by atomic mass is 16.7. The third-order valence-electron chi connectivity index (χ3n) is 8.70. The average Bonchev–Trinajstić information content (AvgIpc) is 3.22. The van der Waals surface area contributed by atoms with Gasteiger partial charge in [0.1, 0.15) is 6.56 Å². The van der Waals surface area contributed by atoms with Gasteiger partial charge >= 0.3 is 0 Å². The first-order valence-electron chi connectivity index (χ1n) is 14.2. The van der Waals surface area contributed by atoms with Crippen molar-refractivity contribution in [2.45, 2.75) is 83.3 Å². The highest BCUT2D eigenvalue weighted by Crippen LogP contribution is 2.69. The summed E-state index contributed by atoms with van der Waals surface area (Å²) in [5.74, 6) is -3.67. The smallest absolute Gasteiger partial charge is 0.193 e. The van der Waals surface area contributed by atoms with Gasteiger partial charge in [0.2, 0.25) is 0 Å². The molecule has 9 atom stereocenters. The van der Waals surface area contributed by atoms with E-state index in [4.69, 9.17) is 17.7 Å². The third-order valence-corrected chi connectivity index (χ3v) is 8.70. The van der Waals surface area contributed by atoms with Crippen LogP contribution in [0.15, 0.2) is 23.8 Å². The molecule has 1 heterocycles. The first-order valence-corrected chi connectivity index (χ1v) is 11.2. The monoisotopic (exact) mass is 436 g/mol. The van der Waals surface area contributed by atoms with E-state index < -0.39 is 89.3 Å². The molecular weight excluding hydrogens is 396 g/mol. The van der Waals surface area contributed by atoms with Crippen molar-refractivity contribution in [3.05, 3.63) is 23.8 Å². The number of carbonyl (C=O) groups excluding carboxylic acids is 2. The summed E-state index contributed by atoms with van der Waals surface area (Å²) >= 11 is 0. The largest absolute Gasteiger partial charge is 0.393 e. The van der Waals surface area contributed by atoms with Crippen molar-refractivity contribution in [1.29, 1.82) is 0 Å². The van der Waals surface area contributed by atoms with Gasteiger partial charge in [-0.3, -0.25) is 9.59 Å². The Morgan fingerprint density at radius 3 is 2.94 bits per heavy atom. The van der Waals surface area contributed by atoms with Crippen molar-refractivity contribution in [1.82, 2.24) is 0 Å². The number of Topliss-reactive ketones (excluding diaryl/α,β-unsaturated/α-hetero) is 1. The molecule has 0 amide bonds. The molecule has 3 saturated carbocycles. The number of hydrogen-bond acceptors (Lipinski definition) is 6. The summed E-state index contributed by atoms with van der Waals surface area (Å²) in [6.07, 6.45) is -2.31. The molecule has 0 radical (unpaired) electrons. The standard InChI is InChI=1S/C25H34O6/c1-4-5-21-30-20-11-17-16-7-6-14-10-15(27)8-9-23(14,2)22(16)18(28)12-24(17,3)25(20,31-21)19(29)13-26/h8-10,16-18,20-22,26,28H,4-7,11-13H2,1-3H3/t16?,17?,18-,20-,21?,22?,23-,24-,25+/m0/s1/i6D2,8D,10D,13D2. The zero-order chi connectivity index (χ0) is 27.5. The van der Waals surface area contributed by atoms with Crippen molar-refractivity contribution in [2.75, 3.05) is 6.56 Å². The predicted octanol–water partition coefficient (Wildman–Crippen LogP) is 2.72. The zero-order valence-corrected chi connectivity index (χ0v) is 18.1. The second kappa shape index (κ2) is 7.08. The highest BCUT2D eigenvalue weighted by molar-refractivity contribution is 6.01. The van der Waals surface area contributed by atoms with Crippen LogP contribution in [0.2, 0.25) is 0 Å². The first kappa shape index (κ1) is 15.5. The van der Waals surface area contributed by atoms with E-state index >= 15 is 0 Å². The van der Waals surface area contributed by atoms with E-state index in [0.717, 1.165) is 0 Å². The molecule has 170 valence electrons. The summed E-state index contributed by atoms with van der Waals surface area (Å²) in [5.41, 5.74) is -4.37. The third kappa shape index (κ3) is 2.65. The van der Waals surface area contributed by atoms with Gasteiger partial charge in [-0.25, -0.2) is 0 Å². The molecule has 31 heavy (non-hydrogen) atoms. The van der Waals surface area contributed by atoms with Gasteiger partial charge in [-0.05, 0) is 56.0 Å². The van der Waals surface area contributed by atoms with Gasteiger partial charge in [-0.15, -0.1) is 0 Å². The van der Waals surface area contributed by atoms with E-state index in [2.05, 4.69) is 0 Å². The quantitative estimate of drug-likeness (QED) is 0.704. The van der Waals surface area contributed by atoms with E-state index in [-0.39, 0.29) is 24.8 Å². The number of ether oxygens (including phenoxy) is 2. The van der Waals surface area contributed by atoms with Crippen molar-refractivity contribution in [2.24, 2.45) is 28.6 Å². The summed E-state index contributed by atoms with van der Waals surface area (Å²) in [6.45, 7) is 2.09. The molecule has 5 rings (SSSR count). The Morgan fingerprint density at radius 1 is 1.45 bits per heavy atom. The van der Waals surface area contributed by atoms with Crippen LogP contribution in [0.4, 0.5) is 0 Å². The molecule has 0 aromatic carbocycles. The second-order valence-corrected chi connectivity index (χ2v) is 10.1. The summed E-state index contributed by atoms with van der Waals surface area (Å²) in [7, 11) is 0.